The number of nitrogens with two attached hydrogens (primary N) is 1. The molecule has 0 bridgehead atoms. The van der Waals surface area contributed by atoms with Gasteiger partial charge < -0.3 is 5.73 Å². The van der Waals surface area contributed by atoms with Crippen LogP contribution in [0.2, 0.25) is 0 Å². The SMILES string of the molecule is CCCn1ncnc1CC(N)c1cnn2ccccc12. The number of aromatic nitrogens is 5. The Morgan fingerprint density at radius 2 is 2.20 bits per heavy atom. The summed E-state index contributed by atoms with van der Waals surface area (Å²) >= 11 is 0. The van der Waals surface area contributed by atoms with E-state index in [1.54, 1.807) is 6.33 Å². The van der Waals surface area contributed by atoms with Crippen LogP contribution in [0.1, 0.15) is 30.8 Å². The van der Waals surface area contributed by atoms with E-state index >= 15 is 0 Å². The summed E-state index contributed by atoms with van der Waals surface area (Å²) in [4.78, 5) is 4.31. The molecule has 0 aromatic carbocycles. The van der Waals surface area contributed by atoms with E-state index in [1.807, 2.05) is 39.8 Å². The van der Waals surface area contributed by atoms with Gasteiger partial charge in [0.2, 0.25) is 0 Å². The van der Waals surface area contributed by atoms with Crippen LogP contribution >= 0.6 is 0 Å². The molecule has 20 heavy (non-hydrogen) atoms. The van der Waals surface area contributed by atoms with Gasteiger partial charge in [-0.3, -0.25) is 4.68 Å². The molecule has 0 radical (unpaired) electrons. The number of hydrogen-bond acceptors (Lipinski definition) is 4. The highest BCUT2D eigenvalue weighted by atomic mass is 15.3. The Morgan fingerprint density at radius 3 is 3.05 bits per heavy atom. The van der Waals surface area contributed by atoms with E-state index in [-0.39, 0.29) is 6.04 Å². The Bertz CT molecular complexity index is 698. The van der Waals surface area contributed by atoms with E-state index < -0.39 is 0 Å². The molecule has 6 nitrogen and oxygen atoms in total. The van der Waals surface area contributed by atoms with Gasteiger partial charge in [0.05, 0.1) is 11.7 Å². The van der Waals surface area contributed by atoms with Crippen LogP contribution in [-0.2, 0) is 13.0 Å². The third kappa shape index (κ3) is 2.30. The Labute approximate surface area is 117 Å². The molecule has 0 fully saturated rings. The highest BCUT2D eigenvalue weighted by molar-refractivity contribution is 5.54. The van der Waals surface area contributed by atoms with Crippen molar-refractivity contribution in [2.24, 2.45) is 5.73 Å². The first-order valence-electron chi connectivity index (χ1n) is 6.84. The van der Waals surface area contributed by atoms with Crippen molar-refractivity contribution in [2.75, 3.05) is 0 Å². The van der Waals surface area contributed by atoms with Gasteiger partial charge >= 0.3 is 0 Å². The first-order valence-corrected chi connectivity index (χ1v) is 6.84. The first kappa shape index (κ1) is 12.8. The summed E-state index contributed by atoms with van der Waals surface area (Å²) < 4.78 is 3.76. The predicted octanol–water partition coefficient (Wildman–Crippen LogP) is 1.58. The van der Waals surface area contributed by atoms with Crippen LogP contribution in [0.3, 0.4) is 0 Å². The Morgan fingerprint density at radius 1 is 1.30 bits per heavy atom. The van der Waals surface area contributed by atoms with Gasteiger partial charge in [0, 0.05) is 30.8 Å². The van der Waals surface area contributed by atoms with Crippen LogP contribution in [0.4, 0.5) is 0 Å². The van der Waals surface area contributed by atoms with Crippen molar-refractivity contribution < 1.29 is 0 Å². The van der Waals surface area contributed by atoms with Crippen molar-refractivity contribution >= 4 is 5.52 Å². The van der Waals surface area contributed by atoms with Crippen LogP contribution in [0, 0.1) is 0 Å². The zero-order chi connectivity index (χ0) is 13.9. The largest absolute Gasteiger partial charge is 0.323 e. The zero-order valence-electron chi connectivity index (χ0n) is 11.5. The van der Waals surface area contributed by atoms with Gasteiger partial charge in [0.1, 0.15) is 12.2 Å². The second kappa shape index (κ2) is 5.42. The lowest BCUT2D eigenvalue weighted by Crippen LogP contribution is -2.17. The van der Waals surface area contributed by atoms with Gasteiger partial charge in [-0.25, -0.2) is 9.50 Å². The lowest BCUT2D eigenvalue weighted by molar-refractivity contribution is 0.549. The average Bonchev–Trinajstić information content (AvgIpc) is 3.06. The van der Waals surface area contributed by atoms with Crippen molar-refractivity contribution in [1.82, 2.24) is 24.4 Å². The highest BCUT2D eigenvalue weighted by Gasteiger charge is 2.15. The van der Waals surface area contributed by atoms with Gasteiger partial charge in [-0.15, -0.1) is 0 Å². The molecule has 3 rings (SSSR count). The number of rotatable bonds is 5. The lowest BCUT2D eigenvalue weighted by atomic mass is 10.1. The molecule has 0 aliphatic rings. The number of aryl methyl sites for hydroxylation is 1. The Hall–Kier alpha value is -2.21. The molecule has 0 aliphatic carbocycles. The Balaban J connectivity index is 1.85. The molecular weight excluding hydrogens is 252 g/mol. The van der Waals surface area contributed by atoms with E-state index in [2.05, 4.69) is 22.1 Å². The molecule has 6 heteroatoms. The maximum Gasteiger partial charge on any atom is 0.138 e. The molecule has 3 aromatic heterocycles. The van der Waals surface area contributed by atoms with E-state index in [9.17, 15) is 0 Å². The summed E-state index contributed by atoms with van der Waals surface area (Å²) in [5.74, 6) is 0.926. The topological polar surface area (TPSA) is 74.0 Å². The molecule has 3 heterocycles. The highest BCUT2D eigenvalue weighted by Crippen LogP contribution is 2.20. The average molecular weight is 270 g/mol. The molecule has 2 N–H and O–H groups in total. The van der Waals surface area contributed by atoms with Crippen molar-refractivity contribution in [2.45, 2.75) is 32.4 Å². The molecular formula is C14H18N6. The summed E-state index contributed by atoms with van der Waals surface area (Å²) in [5.41, 5.74) is 8.41. The molecule has 104 valence electrons. The van der Waals surface area contributed by atoms with Crippen LogP contribution in [0.15, 0.2) is 36.9 Å². The van der Waals surface area contributed by atoms with Crippen LogP contribution < -0.4 is 5.73 Å². The smallest absolute Gasteiger partial charge is 0.138 e. The van der Waals surface area contributed by atoms with Crippen LogP contribution in [0.25, 0.3) is 5.52 Å². The molecule has 0 saturated heterocycles. The van der Waals surface area contributed by atoms with Gasteiger partial charge in [-0.1, -0.05) is 13.0 Å². The minimum atomic E-state index is -0.130. The summed E-state index contributed by atoms with van der Waals surface area (Å²) in [6.07, 6.45) is 7.04. The van der Waals surface area contributed by atoms with Gasteiger partial charge in [-0.2, -0.15) is 10.2 Å². The van der Waals surface area contributed by atoms with Crippen molar-refractivity contribution in [3.05, 3.63) is 48.3 Å². The van der Waals surface area contributed by atoms with E-state index in [0.717, 1.165) is 29.9 Å². The number of fused-ring (bicyclic) bond motifs is 1. The van der Waals surface area contributed by atoms with Crippen molar-refractivity contribution in [3.8, 4) is 0 Å². The third-order valence-electron chi connectivity index (χ3n) is 3.39. The molecule has 1 unspecified atom stereocenters. The number of pyridine rings is 1. The van der Waals surface area contributed by atoms with Gasteiger partial charge in [0.25, 0.3) is 0 Å². The Kier molecular flexibility index (Phi) is 3.47. The fourth-order valence-electron chi connectivity index (χ4n) is 2.39. The second-order valence-corrected chi connectivity index (χ2v) is 4.84. The first-order chi connectivity index (χ1) is 9.79. The summed E-state index contributed by atoms with van der Waals surface area (Å²) in [6, 6.07) is 5.84. The summed E-state index contributed by atoms with van der Waals surface area (Å²) in [6.45, 7) is 2.99. The number of nitrogens with zero attached hydrogens (tertiary/aromatic N) is 5. The van der Waals surface area contributed by atoms with Crippen molar-refractivity contribution in [1.29, 1.82) is 0 Å². The van der Waals surface area contributed by atoms with Gasteiger partial charge in [-0.05, 0) is 18.6 Å². The minimum absolute atomic E-state index is 0.130. The quantitative estimate of drug-likeness (QED) is 0.764. The third-order valence-corrected chi connectivity index (χ3v) is 3.39. The van der Waals surface area contributed by atoms with Crippen molar-refractivity contribution in [3.63, 3.8) is 0 Å². The van der Waals surface area contributed by atoms with E-state index in [0.29, 0.717) is 6.42 Å². The lowest BCUT2D eigenvalue weighted by Gasteiger charge is -2.11. The van der Waals surface area contributed by atoms with E-state index in [1.165, 1.54) is 0 Å². The normalized spacial score (nSPS) is 12.9. The maximum atomic E-state index is 6.33. The maximum absolute atomic E-state index is 6.33. The number of hydrogen-bond donors (Lipinski definition) is 1. The summed E-state index contributed by atoms with van der Waals surface area (Å²) in [5, 5.41) is 8.55. The van der Waals surface area contributed by atoms with Crippen LogP contribution in [0.5, 0.6) is 0 Å². The minimum Gasteiger partial charge on any atom is -0.323 e. The molecule has 0 saturated carbocycles. The molecule has 1 atom stereocenters. The monoisotopic (exact) mass is 270 g/mol. The van der Waals surface area contributed by atoms with E-state index in [4.69, 9.17) is 5.73 Å². The fraction of sp³-hybridized carbons (Fsp3) is 0.357. The summed E-state index contributed by atoms with van der Waals surface area (Å²) in [7, 11) is 0. The predicted molar refractivity (Wildman–Crippen MR) is 76.1 cm³/mol. The van der Waals surface area contributed by atoms with Crippen LogP contribution in [-0.4, -0.2) is 24.4 Å². The molecule has 0 spiro atoms. The van der Waals surface area contributed by atoms with Gasteiger partial charge in [0.15, 0.2) is 0 Å². The second-order valence-electron chi connectivity index (χ2n) is 4.84. The molecule has 0 aliphatic heterocycles. The molecule has 0 amide bonds. The standard InChI is InChI=1S/C14H18N6/c1-2-6-20-14(16-10-18-20)8-12(15)11-9-17-19-7-4-3-5-13(11)19/h3-5,7,9-10,12H,2,6,8,15H2,1H3. The fourth-order valence-corrected chi connectivity index (χ4v) is 2.39. The molecule has 3 aromatic rings. The zero-order valence-corrected chi connectivity index (χ0v) is 11.5.